The van der Waals surface area contributed by atoms with Gasteiger partial charge in [-0.2, -0.15) is 0 Å². The molecule has 1 saturated heterocycles. The van der Waals surface area contributed by atoms with Gasteiger partial charge in [0.25, 0.3) is 5.91 Å². The van der Waals surface area contributed by atoms with Crippen molar-refractivity contribution in [3.63, 3.8) is 0 Å². The molecule has 1 aliphatic heterocycles. The lowest BCUT2D eigenvalue weighted by Gasteiger charge is -2.27. The van der Waals surface area contributed by atoms with E-state index in [1.54, 1.807) is 24.1 Å². The number of carbonyl (C=O) groups excluding carboxylic acids is 2. The van der Waals surface area contributed by atoms with Crippen molar-refractivity contribution in [2.24, 2.45) is 0 Å². The predicted octanol–water partition coefficient (Wildman–Crippen LogP) is 2.27. The van der Waals surface area contributed by atoms with E-state index in [9.17, 15) is 9.59 Å². The Bertz CT molecular complexity index is 890. The molecule has 4 rings (SSSR count). The summed E-state index contributed by atoms with van der Waals surface area (Å²) in [6.07, 6.45) is 3.44. The SMILES string of the molecule is COc1ccc(CN(C(=O)COC(=O)c2ccc(N3CCOCC3)nc2)C2CC2)cc1. The van der Waals surface area contributed by atoms with E-state index >= 15 is 0 Å². The molecule has 164 valence electrons. The monoisotopic (exact) mass is 425 g/mol. The number of aromatic nitrogens is 1. The molecule has 1 aromatic carbocycles. The highest BCUT2D eigenvalue weighted by molar-refractivity contribution is 5.91. The summed E-state index contributed by atoms with van der Waals surface area (Å²) in [5.74, 6) is 0.838. The van der Waals surface area contributed by atoms with Crippen molar-refractivity contribution in [3.8, 4) is 5.75 Å². The number of amides is 1. The number of hydrogen-bond acceptors (Lipinski definition) is 7. The van der Waals surface area contributed by atoms with Crippen LogP contribution in [0.3, 0.4) is 0 Å². The second-order valence-corrected chi connectivity index (χ2v) is 7.68. The first kappa shape index (κ1) is 21.1. The Kier molecular flexibility index (Phi) is 6.66. The second-order valence-electron chi connectivity index (χ2n) is 7.68. The van der Waals surface area contributed by atoms with Crippen LogP contribution >= 0.6 is 0 Å². The first-order valence-corrected chi connectivity index (χ1v) is 10.5. The molecular formula is C23H27N3O5. The molecular weight excluding hydrogens is 398 g/mol. The van der Waals surface area contributed by atoms with E-state index in [0.717, 1.165) is 43.1 Å². The van der Waals surface area contributed by atoms with Crippen molar-refractivity contribution >= 4 is 17.7 Å². The summed E-state index contributed by atoms with van der Waals surface area (Å²) in [6.45, 7) is 3.09. The molecule has 0 N–H and O–H groups in total. The molecule has 0 atom stereocenters. The summed E-state index contributed by atoms with van der Waals surface area (Å²) in [6, 6.07) is 11.3. The molecule has 2 aliphatic rings. The quantitative estimate of drug-likeness (QED) is 0.600. The summed E-state index contributed by atoms with van der Waals surface area (Å²) in [5.41, 5.74) is 1.34. The van der Waals surface area contributed by atoms with Gasteiger partial charge < -0.3 is 24.0 Å². The Balaban J connectivity index is 1.31. The Hall–Kier alpha value is -3.13. The summed E-state index contributed by atoms with van der Waals surface area (Å²) < 4.78 is 15.8. The summed E-state index contributed by atoms with van der Waals surface area (Å²) in [5, 5.41) is 0. The molecule has 1 amide bonds. The maximum Gasteiger partial charge on any atom is 0.340 e. The van der Waals surface area contributed by atoms with Gasteiger partial charge >= 0.3 is 5.97 Å². The molecule has 2 aromatic rings. The lowest BCUT2D eigenvalue weighted by atomic mass is 10.2. The van der Waals surface area contributed by atoms with Gasteiger partial charge in [0.2, 0.25) is 0 Å². The molecule has 0 unspecified atom stereocenters. The van der Waals surface area contributed by atoms with Gasteiger partial charge in [0.15, 0.2) is 6.61 Å². The molecule has 1 aromatic heterocycles. The minimum Gasteiger partial charge on any atom is -0.497 e. The number of carbonyl (C=O) groups is 2. The molecule has 1 saturated carbocycles. The fourth-order valence-electron chi connectivity index (χ4n) is 3.51. The Labute approximate surface area is 181 Å². The molecule has 2 heterocycles. The zero-order chi connectivity index (χ0) is 21.6. The minimum absolute atomic E-state index is 0.190. The van der Waals surface area contributed by atoms with Gasteiger partial charge in [0, 0.05) is 31.9 Å². The number of pyridine rings is 1. The molecule has 0 spiro atoms. The van der Waals surface area contributed by atoms with Crippen LogP contribution in [0.2, 0.25) is 0 Å². The van der Waals surface area contributed by atoms with Crippen molar-refractivity contribution in [1.29, 1.82) is 0 Å². The normalized spacial score (nSPS) is 16.0. The minimum atomic E-state index is -0.547. The van der Waals surface area contributed by atoms with Gasteiger partial charge in [-0.3, -0.25) is 4.79 Å². The molecule has 0 radical (unpaired) electrons. The van der Waals surface area contributed by atoms with Gasteiger partial charge in [-0.25, -0.2) is 9.78 Å². The van der Waals surface area contributed by atoms with Crippen LogP contribution < -0.4 is 9.64 Å². The average Bonchev–Trinajstić information content (AvgIpc) is 3.67. The Morgan fingerprint density at radius 2 is 1.87 bits per heavy atom. The van der Waals surface area contributed by atoms with Gasteiger partial charge in [0.1, 0.15) is 11.6 Å². The average molecular weight is 425 g/mol. The first-order chi connectivity index (χ1) is 15.1. The lowest BCUT2D eigenvalue weighted by molar-refractivity contribution is -0.135. The third-order valence-electron chi connectivity index (χ3n) is 5.47. The van der Waals surface area contributed by atoms with Gasteiger partial charge in [0.05, 0.1) is 25.9 Å². The van der Waals surface area contributed by atoms with Gasteiger partial charge in [-0.05, 0) is 42.7 Å². The zero-order valence-corrected chi connectivity index (χ0v) is 17.7. The fourth-order valence-corrected chi connectivity index (χ4v) is 3.51. The number of morpholine rings is 1. The van der Waals surface area contributed by atoms with E-state index in [0.29, 0.717) is 25.3 Å². The maximum absolute atomic E-state index is 12.7. The molecule has 0 bridgehead atoms. The maximum atomic E-state index is 12.7. The van der Waals surface area contributed by atoms with E-state index < -0.39 is 5.97 Å². The standard InChI is InChI=1S/C23H27N3O5/c1-29-20-7-2-17(3-8-20)15-26(19-5-6-19)22(27)16-31-23(28)18-4-9-21(24-14-18)25-10-12-30-13-11-25/h2-4,7-9,14,19H,5-6,10-13,15-16H2,1H3. The largest absolute Gasteiger partial charge is 0.497 e. The molecule has 8 nitrogen and oxygen atoms in total. The van der Waals surface area contributed by atoms with E-state index in [1.165, 1.54) is 6.20 Å². The van der Waals surface area contributed by atoms with Gasteiger partial charge in [-0.1, -0.05) is 12.1 Å². The highest BCUT2D eigenvalue weighted by Crippen LogP contribution is 2.29. The number of anilines is 1. The van der Waals surface area contributed by atoms with Gasteiger partial charge in [-0.15, -0.1) is 0 Å². The predicted molar refractivity (Wildman–Crippen MR) is 114 cm³/mol. The fraction of sp³-hybridized carbons (Fsp3) is 0.435. The number of benzene rings is 1. The van der Waals surface area contributed by atoms with Crippen molar-refractivity contribution in [3.05, 3.63) is 53.7 Å². The lowest BCUT2D eigenvalue weighted by Crippen LogP contribution is -2.36. The van der Waals surface area contributed by atoms with Crippen LogP contribution in [0, 0.1) is 0 Å². The van der Waals surface area contributed by atoms with E-state index in [2.05, 4.69) is 9.88 Å². The van der Waals surface area contributed by atoms with Crippen LogP contribution in [0.4, 0.5) is 5.82 Å². The third kappa shape index (κ3) is 5.52. The molecule has 1 aliphatic carbocycles. The first-order valence-electron chi connectivity index (χ1n) is 10.5. The van der Waals surface area contributed by atoms with Crippen LogP contribution in [0.25, 0.3) is 0 Å². The number of esters is 1. The highest BCUT2D eigenvalue weighted by atomic mass is 16.5. The van der Waals surface area contributed by atoms with Crippen molar-refractivity contribution < 1.29 is 23.8 Å². The van der Waals surface area contributed by atoms with E-state index in [1.807, 2.05) is 24.3 Å². The third-order valence-corrected chi connectivity index (χ3v) is 5.47. The second kappa shape index (κ2) is 9.78. The highest BCUT2D eigenvalue weighted by Gasteiger charge is 2.33. The molecule has 2 fully saturated rings. The van der Waals surface area contributed by atoms with Crippen LogP contribution in [-0.4, -0.2) is 67.8 Å². The van der Waals surface area contributed by atoms with Crippen LogP contribution in [-0.2, 0) is 20.8 Å². The number of rotatable bonds is 8. The Morgan fingerprint density at radius 1 is 1.13 bits per heavy atom. The smallest absolute Gasteiger partial charge is 0.340 e. The van der Waals surface area contributed by atoms with E-state index in [-0.39, 0.29) is 18.6 Å². The van der Waals surface area contributed by atoms with Crippen LogP contribution in [0.5, 0.6) is 5.75 Å². The molecule has 8 heteroatoms. The zero-order valence-electron chi connectivity index (χ0n) is 17.7. The number of hydrogen-bond donors (Lipinski definition) is 0. The van der Waals surface area contributed by atoms with Crippen LogP contribution in [0.1, 0.15) is 28.8 Å². The number of ether oxygens (including phenoxy) is 3. The summed E-state index contributed by atoms with van der Waals surface area (Å²) >= 11 is 0. The number of nitrogens with zero attached hydrogens (tertiary/aromatic N) is 3. The molecule has 31 heavy (non-hydrogen) atoms. The van der Waals surface area contributed by atoms with Crippen molar-refractivity contribution in [2.75, 3.05) is 44.9 Å². The summed E-state index contributed by atoms with van der Waals surface area (Å²) in [4.78, 5) is 33.4. The van der Waals surface area contributed by atoms with Crippen molar-refractivity contribution in [1.82, 2.24) is 9.88 Å². The number of methoxy groups -OCH3 is 1. The van der Waals surface area contributed by atoms with Crippen molar-refractivity contribution in [2.45, 2.75) is 25.4 Å². The summed E-state index contributed by atoms with van der Waals surface area (Å²) in [7, 11) is 1.62. The van der Waals surface area contributed by atoms with E-state index in [4.69, 9.17) is 14.2 Å². The topological polar surface area (TPSA) is 81.2 Å². The Morgan fingerprint density at radius 3 is 2.48 bits per heavy atom. The van der Waals surface area contributed by atoms with Crippen LogP contribution in [0.15, 0.2) is 42.6 Å².